The monoisotopic (exact) mass is 236 g/mol. The Balaban J connectivity index is 3.60. The van der Waals surface area contributed by atoms with Gasteiger partial charge in [0.15, 0.2) is 0 Å². The zero-order chi connectivity index (χ0) is 12.8. The van der Waals surface area contributed by atoms with Crippen LogP contribution >= 0.6 is 0 Å². The van der Waals surface area contributed by atoms with E-state index in [9.17, 15) is 0 Å². The third-order valence-electron chi connectivity index (χ3n) is 2.90. The van der Waals surface area contributed by atoms with Crippen LogP contribution in [0.2, 0.25) is 5.09 Å². The Morgan fingerprint density at radius 1 is 0.824 bits per heavy atom. The Kier molecular flexibility index (Phi) is 15.0. The summed E-state index contributed by atoms with van der Waals surface area (Å²) in [7, 11) is 0. The third kappa shape index (κ3) is 12.8. The molecule has 0 aromatic heterocycles. The van der Waals surface area contributed by atoms with Crippen LogP contribution in [-0.4, -0.2) is 37.2 Å². The van der Waals surface area contributed by atoms with E-state index in [1.807, 2.05) is 0 Å². The van der Waals surface area contributed by atoms with E-state index in [0.717, 1.165) is 32.5 Å². The molecule has 98 valence electrons. The molecular formula is C14H29LiO2. The Hall–Kier alpha value is 0.517. The van der Waals surface area contributed by atoms with Crippen molar-refractivity contribution in [2.24, 2.45) is 0 Å². The molecule has 0 amide bonds. The number of ether oxygens (including phenoxy) is 2. The van der Waals surface area contributed by atoms with Gasteiger partial charge in [-0.15, -0.1) is 0 Å². The zero-order valence-electron chi connectivity index (χ0n) is 12.2. The van der Waals surface area contributed by atoms with Crippen LogP contribution in [0.25, 0.3) is 0 Å². The molecule has 0 aliphatic carbocycles. The fourth-order valence-electron chi connectivity index (χ4n) is 1.67. The zero-order valence-corrected chi connectivity index (χ0v) is 12.2. The maximum absolute atomic E-state index is 5.79. The van der Waals surface area contributed by atoms with E-state index >= 15 is 0 Å². The van der Waals surface area contributed by atoms with Crippen molar-refractivity contribution in [1.29, 1.82) is 0 Å². The average Bonchev–Trinajstić information content (AvgIpc) is 2.34. The summed E-state index contributed by atoms with van der Waals surface area (Å²) in [5.74, 6) is 0. The predicted octanol–water partition coefficient (Wildman–Crippen LogP) is 4.09. The van der Waals surface area contributed by atoms with Crippen molar-refractivity contribution in [3.8, 4) is 0 Å². The van der Waals surface area contributed by atoms with E-state index in [-0.39, 0.29) is 6.29 Å². The standard InChI is InChI=1S/C14H29O2.Li/c1-4-7-10-11-14(15-12-8-5-2)16-13-9-6-3;/h14H,1,4-13H2,2-3H3;. The summed E-state index contributed by atoms with van der Waals surface area (Å²) in [6.07, 6.45) is 9.65. The van der Waals surface area contributed by atoms with E-state index in [4.69, 9.17) is 9.47 Å². The van der Waals surface area contributed by atoms with E-state index in [1.165, 1.54) is 37.2 Å². The second-order valence-electron chi connectivity index (χ2n) is 4.73. The van der Waals surface area contributed by atoms with E-state index < -0.39 is 0 Å². The van der Waals surface area contributed by atoms with Crippen molar-refractivity contribution in [1.82, 2.24) is 0 Å². The Labute approximate surface area is 117 Å². The Bertz CT molecular complexity index is 132. The molecule has 0 saturated heterocycles. The first-order valence-corrected chi connectivity index (χ1v) is 7.58. The van der Waals surface area contributed by atoms with Gasteiger partial charge in [-0.25, -0.2) is 0 Å². The maximum atomic E-state index is 5.79. The van der Waals surface area contributed by atoms with Gasteiger partial charge in [-0.1, -0.05) is 0 Å². The van der Waals surface area contributed by atoms with Crippen LogP contribution in [0.5, 0.6) is 0 Å². The number of unbranched alkanes of at least 4 members (excludes halogenated alkanes) is 4. The summed E-state index contributed by atoms with van der Waals surface area (Å²) >= 11 is 2.24. The van der Waals surface area contributed by atoms with Crippen molar-refractivity contribution >= 4 is 17.7 Å². The summed E-state index contributed by atoms with van der Waals surface area (Å²) in [5.41, 5.74) is 0. The Morgan fingerprint density at radius 3 is 1.88 bits per heavy atom. The van der Waals surface area contributed by atoms with E-state index in [2.05, 4.69) is 31.6 Å². The minimum absolute atomic E-state index is 0.0463. The summed E-state index contributed by atoms with van der Waals surface area (Å²) in [4.78, 5) is 0. The van der Waals surface area contributed by atoms with Crippen LogP contribution in [0, 0.1) is 0 Å². The molecule has 0 unspecified atom stereocenters. The van der Waals surface area contributed by atoms with Crippen LogP contribution < -0.4 is 0 Å². The quantitative estimate of drug-likeness (QED) is 0.272. The van der Waals surface area contributed by atoms with Gasteiger partial charge in [-0.05, 0) is 0 Å². The average molecular weight is 236 g/mol. The number of hydrogen-bond acceptors (Lipinski definition) is 2. The molecule has 0 radical (unpaired) electrons. The molecule has 3 heteroatoms. The Morgan fingerprint density at radius 2 is 1.41 bits per heavy atom. The second kappa shape index (κ2) is 14.6. The molecule has 0 saturated carbocycles. The fourth-order valence-corrected chi connectivity index (χ4v) is 1.67. The molecule has 0 rings (SSSR count). The molecule has 17 heavy (non-hydrogen) atoms. The van der Waals surface area contributed by atoms with Gasteiger partial charge in [0.05, 0.1) is 0 Å². The van der Waals surface area contributed by atoms with Crippen LogP contribution in [0.1, 0.15) is 65.2 Å². The third-order valence-corrected chi connectivity index (χ3v) is 2.90. The van der Waals surface area contributed by atoms with Gasteiger partial charge < -0.3 is 0 Å². The van der Waals surface area contributed by atoms with Gasteiger partial charge in [0, 0.05) is 0 Å². The van der Waals surface area contributed by atoms with Gasteiger partial charge in [0.1, 0.15) is 0 Å². The van der Waals surface area contributed by atoms with E-state index in [0.29, 0.717) is 0 Å². The van der Waals surface area contributed by atoms with Crippen LogP contribution in [-0.2, 0) is 9.47 Å². The van der Waals surface area contributed by atoms with Gasteiger partial charge in [-0.3, -0.25) is 0 Å². The molecule has 0 N–H and O–H groups in total. The first-order valence-electron chi connectivity index (χ1n) is 7.58. The minimum atomic E-state index is 0.0463. The van der Waals surface area contributed by atoms with Gasteiger partial charge >= 0.3 is 117 Å². The predicted molar refractivity (Wildman–Crippen MR) is 74.5 cm³/mol. The second-order valence-corrected chi connectivity index (χ2v) is 4.73. The molecule has 0 heterocycles. The molecule has 0 aliphatic heterocycles. The molecule has 0 bridgehead atoms. The van der Waals surface area contributed by atoms with Gasteiger partial charge in [-0.2, -0.15) is 0 Å². The van der Waals surface area contributed by atoms with Crippen LogP contribution in [0.3, 0.4) is 0 Å². The summed E-state index contributed by atoms with van der Waals surface area (Å²) < 4.78 is 11.6. The van der Waals surface area contributed by atoms with Gasteiger partial charge in [0.25, 0.3) is 0 Å². The van der Waals surface area contributed by atoms with Crippen molar-refractivity contribution in [3.63, 3.8) is 0 Å². The first kappa shape index (κ1) is 17.5. The molecule has 2 nitrogen and oxygen atoms in total. The molecule has 0 atom stereocenters. The summed E-state index contributed by atoms with van der Waals surface area (Å²) in [6.45, 7) is 6.08. The van der Waals surface area contributed by atoms with Gasteiger partial charge in [0.2, 0.25) is 0 Å². The first-order chi connectivity index (χ1) is 8.35. The number of hydrogen-bond donors (Lipinski definition) is 0. The molecule has 0 aromatic carbocycles. The normalized spacial score (nSPS) is 11.4. The number of rotatable bonds is 13. The molecule has 0 spiro atoms. The molecule has 0 aliphatic rings. The summed E-state index contributed by atoms with van der Waals surface area (Å²) in [5, 5.41) is 1.29. The van der Waals surface area contributed by atoms with Crippen molar-refractivity contribution in [2.75, 3.05) is 13.2 Å². The molecular weight excluding hydrogens is 207 g/mol. The summed E-state index contributed by atoms with van der Waals surface area (Å²) in [6, 6.07) is 0. The van der Waals surface area contributed by atoms with Crippen molar-refractivity contribution in [2.45, 2.75) is 76.6 Å². The molecule has 0 aromatic rings. The SMILES string of the molecule is [Li][CH2]CCCCC(OCCCC)OCCCC. The molecule has 0 fully saturated rings. The van der Waals surface area contributed by atoms with E-state index in [1.54, 1.807) is 0 Å². The van der Waals surface area contributed by atoms with Crippen LogP contribution in [0.15, 0.2) is 0 Å². The fraction of sp³-hybridized carbons (Fsp3) is 1.00. The van der Waals surface area contributed by atoms with Crippen molar-refractivity contribution < 1.29 is 9.47 Å². The van der Waals surface area contributed by atoms with Crippen molar-refractivity contribution in [3.05, 3.63) is 0 Å². The van der Waals surface area contributed by atoms with Crippen LogP contribution in [0.4, 0.5) is 0 Å². The topological polar surface area (TPSA) is 18.5 Å².